The molecule has 0 aliphatic rings. The van der Waals surface area contributed by atoms with E-state index in [0.29, 0.717) is 13.2 Å². The maximum absolute atomic E-state index is 6.06. The molecule has 0 aromatic heterocycles. The van der Waals surface area contributed by atoms with Crippen molar-refractivity contribution < 1.29 is 9.47 Å². The Kier molecular flexibility index (Phi) is 8.61. The maximum atomic E-state index is 6.06. The fourth-order valence-corrected chi connectivity index (χ4v) is 3.63. The number of benzene rings is 3. The lowest BCUT2D eigenvalue weighted by molar-refractivity contribution is 0.269. The molecule has 0 radical (unpaired) electrons. The third-order valence-electron chi connectivity index (χ3n) is 4.75. The molecule has 3 aromatic carbocycles. The topological polar surface area (TPSA) is 30.5 Å². The summed E-state index contributed by atoms with van der Waals surface area (Å²) in [7, 11) is 0. The third kappa shape index (κ3) is 6.76. The van der Waals surface area contributed by atoms with Crippen molar-refractivity contribution in [1.29, 1.82) is 0 Å². The number of ether oxygens (including phenoxy) is 2. The largest absolute Gasteiger partial charge is 0.490 e. The standard InChI is InChI=1S/C25H27BrClNO2/c1-3-29-24-14-21(16-28-13-12-19-8-10-22(27)11-9-19)23(26)15-25(24)30-17-20-6-4-18(2)5-7-20/h4-11,14-15,28H,3,12-13,16-17H2,1-2H3. The Bertz CT molecular complexity index is 943. The quantitative estimate of drug-likeness (QED) is 0.321. The first-order valence-electron chi connectivity index (χ1n) is 10.1. The van der Waals surface area contributed by atoms with Gasteiger partial charge in [-0.1, -0.05) is 69.5 Å². The van der Waals surface area contributed by atoms with Gasteiger partial charge in [0.15, 0.2) is 11.5 Å². The van der Waals surface area contributed by atoms with Crippen molar-refractivity contribution >= 4 is 27.5 Å². The van der Waals surface area contributed by atoms with Crippen LogP contribution in [0.15, 0.2) is 65.1 Å². The van der Waals surface area contributed by atoms with Crippen LogP contribution in [0.4, 0.5) is 0 Å². The zero-order valence-corrected chi connectivity index (χ0v) is 19.7. The van der Waals surface area contributed by atoms with Crippen LogP contribution in [0.25, 0.3) is 0 Å². The van der Waals surface area contributed by atoms with Gasteiger partial charge in [0.1, 0.15) is 6.61 Å². The van der Waals surface area contributed by atoms with Crippen molar-refractivity contribution in [2.45, 2.75) is 33.4 Å². The van der Waals surface area contributed by atoms with Crippen LogP contribution in [0.2, 0.25) is 5.02 Å². The highest BCUT2D eigenvalue weighted by Gasteiger charge is 2.11. The lowest BCUT2D eigenvalue weighted by Gasteiger charge is -2.16. The summed E-state index contributed by atoms with van der Waals surface area (Å²) in [5, 5.41) is 4.27. The van der Waals surface area contributed by atoms with E-state index in [1.165, 1.54) is 11.1 Å². The highest BCUT2D eigenvalue weighted by atomic mass is 79.9. The smallest absolute Gasteiger partial charge is 0.162 e. The molecule has 0 bridgehead atoms. The molecule has 5 heteroatoms. The minimum Gasteiger partial charge on any atom is -0.490 e. The molecule has 3 aromatic rings. The van der Waals surface area contributed by atoms with Gasteiger partial charge >= 0.3 is 0 Å². The lowest BCUT2D eigenvalue weighted by Crippen LogP contribution is -2.17. The molecule has 0 saturated heterocycles. The molecule has 3 nitrogen and oxygen atoms in total. The summed E-state index contributed by atoms with van der Waals surface area (Å²) >= 11 is 9.63. The molecule has 0 aliphatic carbocycles. The number of rotatable bonds is 10. The second kappa shape index (κ2) is 11.4. The first-order chi connectivity index (χ1) is 14.5. The summed E-state index contributed by atoms with van der Waals surface area (Å²) < 4.78 is 12.9. The lowest BCUT2D eigenvalue weighted by atomic mass is 10.1. The van der Waals surface area contributed by atoms with Gasteiger partial charge in [0.25, 0.3) is 0 Å². The van der Waals surface area contributed by atoms with E-state index in [1.54, 1.807) is 0 Å². The fourth-order valence-electron chi connectivity index (χ4n) is 3.05. The summed E-state index contributed by atoms with van der Waals surface area (Å²) in [6.45, 7) is 6.78. The van der Waals surface area contributed by atoms with E-state index >= 15 is 0 Å². The Labute approximate surface area is 192 Å². The van der Waals surface area contributed by atoms with Gasteiger partial charge < -0.3 is 14.8 Å². The van der Waals surface area contributed by atoms with Gasteiger partial charge in [0.2, 0.25) is 0 Å². The molecule has 0 amide bonds. The maximum Gasteiger partial charge on any atom is 0.162 e. The van der Waals surface area contributed by atoms with Crippen LogP contribution >= 0.6 is 27.5 Å². The molecule has 0 aliphatic heterocycles. The van der Waals surface area contributed by atoms with Crippen LogP contribution in [-0.4, -0.2) is 13.2 Å². The third-order valence-corrected chi connectivity index (χ3v) is 5.74. The summed E-state index contributed by atoms with van der Waals surface area (Å²) in [5.41, 5.74) is 4.77. The van der Waals surface area contributed by atoms with Crippen molar-refractivity contribution in [3.8, 4) is 11.5 Å². The minimum absolute atomic E-state index is 0.505. The Morgan fingerprint density at radius 2 is 1.57 bits per heavy atom. The van der Waals surface area contributed by atoms with E-state index in [4.69, 9.17) is 21.1 Å². The zero-order chi connectivity index (χ0) is 21.3. The number of halogens is 2. The first kappa shape index (κ1) is 22.7. The van der Waals surface area contributed by atoms with Gasteiger partial charge in [-0.15, -0.1) is 0 Å². The van der Waals surface area contributed by atoms with Crippen molar-refractivity contribution in [2.75, 3.05) is 13.2 Å². The Morgan fingerprint density at radius 3 is 2.27 bits per heavy atom. The van der Waals surface area contributed by atoms with E-state index in [9.17, 15) is 0 Å². The predicted octanol–water partition coefficient (Wildman–Crippen LogP) is 6.72. The summed E-state index contributed by atoms with van der Waals surface area (Å²) in [6, 6.07) is 20.4. The van der Waals surface area contributed by atoms with Crippen LogP contribution < -0.4 is 14.8 Å². The zero-order valence-electron chi connectivity index (χ0n) is 17.4. The van der Waals surface area contributed by atoms with Crippen molar-refractivity contribution in [3.63, 3.8) is 0 Å². The average Bonchev–Trinajstić information content (AvgIpc) is 2.74. The Morgan fingerprint density at radius 1 is 0.900 bits per heavy atom. The number of hydrogen-bond acceptors (Lipinski definition) is 3. The molecule has 30 heavy (non-hydrogen) atoms. The summed E-state index contributed by atoms with van der Waals surface area (Å²) in [6.07, 6.45) is 0.949. The molecule has 0 unspecified atom stereocenters. The van der Waals surface area contributed by atoms with Crippen LogP contribution in [0.5, 0.6) is 11.5 Å². The van der Waals surface area contributed by atoms with Gasteiger partial charge in [-0.25, -0.2) is 0 Å². The highest BCUT2D eigenvalue weighted by molar-refractivity contribution is 9.10. The fraction of sp³-hybridized carbons (Fsp3) is 0.280. The molecule has 3 rings (SSSR count). The molecule has 0 spiro atoms. The normalized spacial score (nSPS) is 10.8. The number of aryl methyl sites for hydroxylation is 1. The van der Waals surface area contributed by atoms with Gasteiger partial charge in [-0.05, 0) is 67.8 Å². The Balaban J connectivity index is 1.60. The van der Waals surface area contributed by atoms with Crippen molar-refractivity contribution in [3.05, 3.63) is 92.4 Å². The van der Waals surface area contributed by atoms with E-state index in [1.807, 2.05) is 31.2 Å². The molecule has 0 fully saturated rings. The molecule has 0 saturated carbocycles. The van der Waals surface area contributed by atoms with E-state index in [2.05, 4.69) is 64.6 Å². The van der Waals surface area contributed by atoms with Gasteiger partial charge in [-0.3, -0.25) is 0 Å². The van der Waals surface area contributed by atoms with Gasteiger partial charge in [0, 0.05) is 16.0 Å². The molecular weight excluding hydrogens is 462 g/mol. The SMILES string of the molecule is CCOc1cc(CNCCc2ccc(Cl)cc2)c(Br)cc1OCc1ccc(C)cc1. The monoisotopic (exact) mass is 487 g/mol. The van der Waals surface area contributed by atoms with E-state index < -0.39 is 0 Å². The van der Waals surface area contributed by atoms with Crippen LogP contribution in [-0.2, 0) is 19.6 Å². The van der Waals surface area contributed by atoms with Crippen molar-refractivity contribution in [1.82, 2.24) is 5.32 Å². The van der Waals surface area contributed by atoms with Crippen LogP contribution in [0, 0.1) is 6.92 Å². The summed E-state index contributed by atoms with van der Waals surface area (Å²) in [4.78, 5) is 0. The second-order valence-corrected chi connectivity index (χ2v) is 8.44. The predicted molar refractivity (Wildman–Crippen MR) is 128 cm³/mol. The second-order valence-electron chi connectivity index (χ2n) is 7.15. The number of nitrogens with one attached hydrogen (secondary N) is 1. The van der Waals surface area contributed by atoms with Crippen LogP contribution in [0.1, 0.15) is 29.2 Å². The number of hydrogen-bond donors (Lipinski definition) is 1. The van der Waals surface area contributed by atoms with Crippen molar-refractivity contribution in [2.24, 2.45) is 0 Å². The molecule has 158 valence electrons. The average molecular weight is 489 g/mol. The van der Waals surface area contributed by atoms with Gasteiger partial charge in [-0.2, -0.15) is 0 Å². The minimum atomic E-state index is 0.505. The molecule has 0 atom stereocenters. The first-order valence-corrected chi connectivity index (χ1v) is 11.3. The molecular formula is C25H27BrClNO2. The highest BCUT2D eigenvalue weighted by Crippen LogP contribution is 2.34. The Hall–Kier alpha value is -2.01. The van der Waals surface area contributed by atoms with E-state index in [-0.39, 0.29) is 0 Å². The summed E-state index contributed by atoms with van der Waals surface area (Å²) in [5.74, 6) is 1.51. The van der Waals surface area contributed by atoms with Crippen LogP contribution in [0.3, 0.4) is 0 Å². The molecule has 0 heterocycles. The van der Waals surface area contributed by atoms with E-state index in [0.717, 1.165) is 51.6 Å². The van der Waals surface area contributed by atoms with Gasteiger partial charge in [0.05, 0.1) is 6.61 Å². The molecule has 1 N–H and O–H groups in total.